The van der Waals surface area contributed by atoms with Crippen molar-refractivity contribution in [2.75, 3.05) is 33.3 Å². The zero-order valence-corrected chi connectivity index (χ0v) is 23.3. The molecule has 3 aromatic rings. The van der Waals surface area contributed by atoms with Crippen molar-refractivity contribution in [2.45, 2.75) is 37.1 Å². The maximum absolute atomic E-state index is 12.6. The van der Waals surface area contributed by atoms with Gasteiger partial charge in [0.2, 0.25) is 5.91 Å². The molecule has 3 atom stereocenters. The number of nitrogens with zero attached hydrogens (tertiary/aromatic N) is 1. The zero-order chi connectivity index (χ0) is 27.5. The Morgan fingerprint density at radius 1 is 1.08 bits per heavy atom. The Hall–Kier alpha value is -3.00. The van der Waals surface area contributed by atoms with Gasteiger partial charge in [0.15, 0.2) is 0 Å². The minimum atomic E-state index is -0.131. The first-order valence-corrected chi connectivity index (χ1v) is 14.0. The van der Waals surface area contributed by atoms with E-state index in [0.717, 1.165) is 31.5 Å². The molecule has 0 bridgehead atoms. The number of carbonyl (C=O) groups excluding carboxylic acids is 1. The van der Waals surface area contributed by atoms with Gasteiger partial charge >= 0.3 is 0 Å². The van der Waals surface area contributed by atoms with Crippen LogP contribution in [0.25, 0.3) is 6.08 Å². The van der Waals surface area contributed by atoms with Crippen molar-refractivity contribution in [1.82, 2.24) is 15.5 Å². The molecule has 4 N–H and O–H groups in total. The molecule has 1 amide bonds. The molecule has 1 fully saturated rings. The molecule has 39 heavy (non-hydrogen) atoms. The Morgan fingerprint density at radius 3 is 2.31 bits per heavy atom. The second-order valence-electron chi connectivity index (χ2n) is 9.96. The van der Waals surface area contributed by atoms with E-state index in [1.807, 2.05) is 24.3 Å². The molecule has 1 heterocycles. The third kappa shape index (κ3) is 8.49. The lowest BCUT2D eigenvalue weighted by Gasteiger charge is -2.36. The fourth-order valence-corrected chi connectivity index (χ4v) is 5.41. The standard InChI is InChI=1S/C32H39ClN4O2/c1-39-32-30(18-20-34)36-28(22-35-31(38)17-14-24-12-15-27(33)16-13-24)19-21-37(32)23-29(25-8-4-2-5-9-25)26-10-6-3-7-11-26/h2-17,28-30,32,36H,18-23,34H2,1H3,(H,35,38)/b17-14+/t28-,30-,32?/m0/s1. The average Bonchev–Trinajstić information content (AvgIpc) is 3.14. The number of ether oxygens (including phenoxy) is 1. The van der Waals surface area contributed by atoms with Gasteiger partial charge in [0.05, 0.1) is 0 Å². The number of methoxy groups -OCH3 is 1. The SMILES string of the molecule is COC1[C@H](CCN)N[C@H](CNC(=O)/C=C/c2ccc(Cl)cc2)CCN1CC(c1ccccc1)c1ccccc1. The number of rotatable bonds is 11. The molecule has 3 aromatic carbocycles. The molecule has 4 rings (SSSR count). The summed E-state index contributed by atoms with van der Waals surface area (Å²) >= 11 is 5.95. The van der Waals surface area contributed by atoms with Gasteiger partial charge in [0, 0.05) is 55.8 Å². The first kappa shape index (κ1) is 29.0. The van der Waals surface area contributed by atoms with Crippen LogP contribution in [0.1, 0.15) is 35.4 Å². The number of hydrogen-bond donors (Lipinski definition) is 3. The summed E-state index contributed by atoms with van der Waals surface area (Å²) < 4.78 is 6.09. The number of hydrogen-bond acceptors (Lipinski definition) is 5. The lowest BCUT2D eigenvalue weighted by Crippen LogP contribution is -2.53. The van der Waals surface area contributed by atoms with Crippen molar-refractivity contribution in [3.8, 4) is 0 Å². The van der Waals surface area contributed by atoms with Crippen LogP contribution in [0.15, 0.2) is 91.0 Å². The number of nitrogens with two attached hydrogens (primary N) is 1. The quantitative estimate of drug-likeness (QED) is 0.305. The van der Waals surface area contributed by atoms with E-state index in [0.29, 0.717) is 18.1 Å². The number of amides is 1. The normalized spacial score (nSPS) is 20.3. The van der Waals surface area contributed by atoms with Crippen LogP contribution in [0.3, 0.4) is 0 Å². The van der Waals surface area contributed by atoms with Crippen LogP contribution in [0, 0.1) is 0 Å². The molecule has 1 unspecified atom stereocenters. The van der Waals surface area contributed by atoms with Crippen LogP contribution >= 0.6 is 11.6 Å². The Kier molecular flexibility index (Phi) is 11.1. The molecule has 1 aliphatic heterocycles. The van der Waals surface area contributed by atoms with Crippen molar-refractivity contribution in [1.29, 1.82) is 0 Å². The van der Waals surface area contributed by atoms with E-state index < -0.39 is 0 Å². The van der Waals surface area contributed by atoms with Crippen molar-refractivity contribution >= 4 is 23.6 Å². The van der Waals surface area contributed by atoms with E-state index in [-0.39, 0.29) is 30.1 Å². The highest BCUT2D eigenvalue weighted by atomic mass is 35.5. The van der Waals surface area contributed by atoms with Crippen molar-refractivity contribution in [3.63, 3.8) is 0 Å². The first-order chi connectivity index (χ1) is 19.1. The predicted octanol–water partition coefficient (Wildman–Crippen LogP) is 4.66. The molecule has 1 aliphatic rings. The number of halogens is 1. The summed E-state index contributed by atoms with van der Waals surface area (Å²) in [5.74, 6) is 0.0811. The third-order valence-electron chi connectivity index (χ3n) is 7.28. The third-order valence-corrected chi connectivity index (χ3v) is 7.53. The van der Waals surface area contributed by atoms with Crippen molar-refractivity contribution in [2.24, 2.45) is 5.73 Å². The number of nitrogens with one attached hydrogen (secondary N) is 2. The minimum Gasteiger partial charge on any atom is -0.365 e. The van der Waals surface area contributed by atoms with E-state index in [1.54, 1.807) is 19.3 Å². The number of benzene rings is 3. The molecule has 7 heteroatoms. The highest BCUT2D eigenvalue weighted by Gasteiger charge is 2.34. The van der Waals surface area contributed by atoms with E-state index in [2.05, 4.69) is 76.2 Å². The molecule has 6 nitrogen and oxygen atoms in total. The monoisotopic (exact) mass is 546 g/mol. The molecular formula is C32H39ClN4O2. The largest absolute Gasteiger partial charge is 0.365 e. The van der Waals surface area contributed by atoms with Gasteiger partial charge in [-0.1, -0.05) is 84.4 Å². The van der Waals surface area contributed by atoms with E-state index in [1.165, 1.54) is 11.1 Å². The lowest BCUT2D eigenvalue weighted by molar-refractivity contribution is -0.116. The van der Waals surface area contributed by atoms with Gasteiger partial charge in [0.1, 0.15) is 6.23 Å². The summed E-state index contributed by atoms with van der Waals surface area (Å²) in [4.78, 5) is 15.0. The van der Waals surface area contributed by atoms with Gasteiger partial charge in [-0.15, -0.1) is 0 Å². The molecule has 1 saturated heterocycles. The molecule has 0 spiro atoms. The van der Waals surface area contributed by atoms with Gasteiger partial charge in [-0.3, -0.25) is 9.69 Å². The summed E-state index contributed by atoms with van der Waals surface area (Å²) in [5.41, 5.74) is 9.51. The fraction of sp³-hybridized carbons (Fsp3) is 0.344. The second-order valence-corrected chi connectivity index (χ2v) is 10.4. The molecule has 0 aromatic heterocycles. The molecular weight excluding hydrogens is 508 g/mol. The van der Waals surface area contributed by atoms with Gasteiger partial charge in [-0.2, -0.15) is 0 Å². The van der Waals surface area contributed by atoms with Crippen LogP contribution in [-0.4, -0.2) is 62.4 Å². The fourth-order valence-electron chi connectivity index (χ4n) is 5.28. The highest BCUT2D eigenvalue weighted by Crippen LogP contribution is 2.28. The summed E-state index contributed by atoms with van der Waals surface area (Å²) in [5, 5.41) is 7.47. The second kappa shape index (κ2) is 15.0. The summed E-state index contributed by atoms with van der Waals surface area (Å²) in [6.45, 7) is 2.73. The smallest absolute Gasteiger partial charge is 0.244 e. The maximum atomic E-state index is 12.6. The van der Waals surface area contributed by atoms with Gasteiger partial charge in [-0.05, 0) is 54.3 Å². The minimum absolute atomic E-state index is 0.0428. The van der Waals surface area contributed by atoms with Crippen LogP contribution in [0.4, 0.5) is 0 Å². The van der Waals surface area contributed by atoms with Crippen molar-refractivity contribution in [3.05, 3.63) is 113 Å². The molecule has 0 saturated carbocycles. The van der Waals surface area contributed by atoms with E-state index >= 15 is 0 Å². The Labute approximate surface area is 237 Å². The predicted molar refractivity (Wildman–Crippen MR) is 160 cm³/mol. The van der Waals surface area contributed by atoms with E-state index in [4.69, 9.17) is 22.1 Å². The highest BCUT2D eigenvalue weighted by molar-refractivity contribution is 6.30. The average molecular weight is 547 g/mol. The van der Waals surface area contributed by atoms with Crippen LogP contribution in [0.5, 0.6) is 0 Å². The topological polar surface area (TPSA) is 79.6 Å². The van der Waals surface area contributed by atoms with Gasteiger partial charge < -0.3 is 21.1 Å². The molecule has 206 valence electrons. The van der Waals surface area contributed by atoms with Crippen LogP contribution in [-0.2, 0) is 9.53 Å². The van der Waals surface area contributed by atoms with E-state index in [9.17, 15) is 4.79 Å². The first-order valence-electron chi connectivity index (χ1n) is 13.6. The summed E-state index contributed by atoms with van der Waals surface area (Å²) in [7, 11) is 1.77. The van der Waals surface area contributed by atoms with Gasteiger partial charge in [-0.25, -0.2) is 0 Å². The Bertz CT molecular complexity index is 1130. The summed E-state index contributed by atoms with van der Waals surface area (Å²) in [6.07, 6.45) is 4.87. The van der Waals surface area contributed by atoms with Crippen LogP contribution < -0.4 is 16.4 Å². The molecule has 0 radical (unpaired) electrons. The number of carbonyl (C=O) groups is 1. The van der Waals surface area contributed by atoms with Crippen molar-refractivity contribution < 1.29 is 9.53 Å². The van der Waals surface area contributed by atoms with Crippen LogP contribution in [0.2, 0.25) is 5.02 Å². The molecule has 0 aliphatic carbocycles. The Morgan fingerprint density at radius 2 is 1.72 bits per heavy atom. The van der Waals surface area contributed by atoms with Gasteiger partial charge in [0.25, 0.3) is 0 Å². The summed E-state index contributed by atoms with van der Waals surface area (Å²) in [6, 6.07) is 28.8. The maximum Gasteiger partial charge on any atom is 0.244 e. The Balaban J connectivity index is 1.45. The lowest BCUT2D eigenvalue weighted by atomic mass is 9.90. The zero-order valence-electron chi connectivity index (χ0n) is 22.5.